The average molecular weight is 154 g/mol. The molecule has 8 heavy (non-hydrogen) atoms. The molecule has 0 aliphatic carbocycles. The van der Waals surface area contributed by atoms with E-state index in [-0.39, 0.29) is 32.7 Å². The molecule has 0 bridgehead atoms. The first-order valence-corrected chi connectivity index (χ1v) is 2.02. The van der Waals surface area contributed by atoms with Crippen molar-refractivity contribution in [1.82, 2.24) is 0 Å². The Morgan fingerprint density at radius 2 is 1.62 bits per heavy atom. The second-order valence-electron chi connectivity index (χ2n) is 1.08. The van der Waals surface area contributed by atoms with Crippen molar-refractivity contribution in [2.45, 2.75) is 19.8 Å². The van der Waals surface area contributed by atoms with Gasteiger partial charge in [0.15, 0.2) is 0 Å². The van der Waals surface area contributed by atoms with Crippen LogP contribution in [0.2, 0.25) is 0 Å². The number of aliphatic hydroxyl groups excluding tert-OH is 1. The van der Waals surface area contributed by atoms with E-state index in [1.54, 1.807) is 0 Å². The van der Waals surface area contributed by atoms with E-state index in [0.717, 1.165) is 12.8 Å². The van der Waals surface area contributed by atoms with Gasteiger partial charge in [-0.25, -0.2) is 0 Å². The molecule has 48 valence electrons. The second-order valence-corrected chi connectivity index (χ2v) is 1.08. The smallest absolute Gasteiger partial charge is 2.00 e. The Morgan fingerprint density at radius 1 is 1.25 bits per heavy atom. The van der Waals surface area contributed by atoms with Crippen LogP contribution in [-0.4, -0.2) is 11.7 Å². The van der Waals surface area contributed by atoms with Gasteiger partial charge in [-0.2, -0.15) is 0 Å². The molecule has 0 amide bonds. The van der Waals surface area contributed by atoms with Crippen molar-refractivity contribution in [3.05, 3.63) is 0 Å². The zero-order valence-electron chi connectivity index (χ0n) is 4.89. The molecular formula is C4H10O3Ti. The SMILES string of the molecule is CCCCO.[O-2].[O-2].[Ti+4]. The van der Waals surface area contributed by atoms with Crippen LogP contribution in [0.1, 0.15) is 19.8 Å². The summed E-state index contributed by atoms with van der Waals surface area (Å²) in [5, 5.41) is 8.07. The summed E-state index contributed by atoms with van der Waals surface area (Å²) < 4.78 is 0. The Labute approximate surface area is 64.6 Å². The van der Waals surface area contributed by atoms with Gasteiger partial charge < -0.3 is 16.1 Å². The number of rotatable bonds is 2. The van der Waals surface area contributed by atoms with E-state index >= 15 is 0 Å². The van der Waals surface area contributed by atoms with E-state index in [1.165, 1.54) is 0 Å². The fourth-order valence-electron chi connectivity index (χ4n) is 0.158. The Morgan fingerprint density at radius 3 is 1.62 bits per heavy atom. The molecule has 4 heteroatoms. The third kappa shape index (κ3) is 30.7. The maximum atomic E-state index is 8.07. The zero-order chi connectivity index (χ0) is 4.12. The summed E-state index contributed by atoms with van der Waals surface area (Å²) in [4.78, 5) is 0. The van der Waals surface area contributed by atoms with Crippen molar-refractivity contribution in [3.8, 4) is 0 Å². The van der Waals surface area contributed by atoms with Gasteiger partial charge in [-0.1, -0.05) is 13.3 Å². The molecule has 0 unspecified atom stereocenters. The fraction of sp³-hybridized carbons (Fsp3) is 1.00. The Balaban J connectivity index is -0.0000000267. The minimum Gasteiger partial charge on any atom is -2.00 e. The third-order valence-corrected chi connectivity index (χ3v) is 0.512. The van der Waals surface area contributed by atoms with Crippen molar-refractivity contribution >= 4 is 0 Å². The van der Waals surface area contributed by atoms with Gasteiger partial charge in [-0.05, 0) is 6.42 Å². The Kier molecular flexibility index (Phi) is 75.0. The normalized spacial score (nSPS) is 5.25. The van der Waals surface area contributed by atoms with Gasteiger partial charge in [0, 0.05) is 6.61 Å². The van der Waals surface area contributed by atoms with E-state index in [2.05, 4.69) is 6.92 Å². The van der Waals surface area contributed by atoms with Gasteiger partial charge in [0.2, 0.25) is 0 Å². The van der Waals surface area contributed by atoms with E-state index in [1.807, 2.05) is 0 Å². The van der Waals surface area contributed by atoms with Crippen LogP contribution in [0.15, 0.2) is 0 Å². The topological polar surface area (TPSA) is 77.2 Å². The summed E-state index contributed by atoms with van der Waals surface area (Å²) in [6, 6.07) is 0. The second kappa shape index (κ2) is 25.6. The van der Waals surface area contributed by atoms with Crippen LogP contribution >= 0.6 is 0 Å². The summed E-state index contributed by atoms with van der Waals surface area (Å²) in [5.41, 5.74) is 0. The molecule has 0 radical (unpaired) electrons. The molecule has 0 aromatic heterocycles. The van der Waals surface area contributed by atoms with E-state index in [0.29, 0.717) is 6.61 Å². The third-order valence-electron chi connectivity index (χ3n) is 0.512. The van der Waals surface area contributed by atoms with E-state index < -0.39 is 0 Å². The standard InChI is InChI=1S/C4H10O.2O.Ti/c1-2-3-4-5;;;/h5H,2-4H2,1H3;;;/q;2*-2;+4. The predicted molar refractivity (Wildman–Crippen MR) is 23.4 cm³/mol. The molecule has 0 saturated heterocycles. The summed E-state index contributed by atoms with van der Waals surface area (Å²) in [6.45, 7) is 2.40. The Hall–Kier alpha value is 0.594. The first kappa shape index (κ1) is 23.5. The number of hydrogen-bond acceptors (Lipinski definition) is 1. The summed E-state index contributed by atoms with van der Waals surface area (Å²) in [5.74, 6) is 0. The molecule has 0 atom stereocenters. The summed E-state index contributed by atoms with van der Waals surface area (Å²) >= 11 is 0. The molecule has 0 fully saturated rings. The molecule has 1 N–H and O–H groups in total. The van der Waals surface area contributed by atoms with Crippen molar-refractivity contribution in [1.29, 1.82) is 0 Å². The van der Waals surface area contributed by atoms with Crippen LogP contribution < -0.4 is 0 Å². The molecule has 0 aromatic rings. The fourth-order valence-corrected chi connectivity index (χ4v) is 0.158. The van der Waals surface area contributed by atoms with Gasteiger partial charge >= 0.3 is 21.7 Å². The monoisotopic (exact) mass is 154 g/mol. The summed E-state index contributed by atoms with van der Waals surface area (Å²) in [7, 11) is 0. The predicted octanol–water partition coefficient (Wildman–Crippen LogP) is 0.539. The molecular weight excluding hydrogens is 144 g/mol. The van der Waals surface area contributed by atoms with Gasteiger partial charge in [0.05, 0.1) is 0 Å². The molecule has 0 aliphatic heterocycles. The van der Waals surface area contributed by atoms with Gasteiger partial charge in [0.1, 0.15) is 0 Å². The average Bonchev–Trinajstić information content (AvgIpc) is 1.41. The minimum absolute atomic E-state index is 0. The summed E-state index contributed by atoms with van der Waals surface area (Å²) in [6.07, 6.45) is 2.04. The molecule has 0 aromatic carbocycles. The zero-order valence-corrected chi connectivity index (χ0v) is 6.45. The minimum atomic E-state index is 0. The molecule has 0 rings (SSSR count). The van der Waals surface area contributed by atoms with Crippen LogP contribution in [0.25, 0.3) is 0 Å². The molecule has 3 nitrogen and oxygen atoms in total. The first-order valence-electron chi connectivity index (χ1n) is 2.02. The number of hydrogen-bond donors (Lipinski definition) is 1. The van der Waals surface area contributed by atoms with Gasteiger partial charge in [0.25, 0.3) is 0 Å². The van der Waals surface area contributed by atoms with Crippen LogP contribution in [0.3, 0.4) is 0 Å². The molecule has 0 heterocycles. The largest absolute Gasteiger partial charge is 4.00 e. The Bertz CT molecular complexity index is 18.8. The maximum Gasteiger partial charge on any atom is 4.00 e. The van der Waals surface area contributed by atoms with Crippen molar-refractivity contribution in [2.75, 3.05) is 6.61 Å². The van der Waals surface area contributed by atoms with Crippen molar-refractivity contribution in [2.24, 2.45) is 0 Å². The van der Waals surface area contributed by atoms with Crippen molar-refractivity contribution < 1.29 is 37.8 Å². The van der Waals surface area contributed by atoms with Gasteiger partial charge in [-0.3, -0.25) is 0 Å². The van der Waals surface area contributed by atoms with E-state index in [9.17, 15) is 0 Å². The van der Waals surface area contributed by atoms with E-state index in [4.69, 9.17) is 5.11 Å². The van der Waals surface area contributed by atoms with Crippen molar-refractivity contribution in [3.63, 3.8) is 0 Å². The van der Waals surface area contributed by atoms with Crippen LogP contribution in [0, 0.1) is 0 Å². The van der Waals surface area contributed by atoms with Crippen LogP contribution in [-0.2, 0) is 32.7 Å². The van der Waals surface area contributed by atoms with Gasteiger partial charge in [-0.15, -0.1) is 0 Å². The quantitative estimate of drug-likeness (QED) is 0.578. The maximum absolute atomic E-state index is 8.07. The first-order chi connectivity index (χ1) is 2.41. The van der Waals surface area contributed by atoms with Crippen LogP contribution in [0.5, 0.6) is 0 Å². The molecule has 0 saturated carbocycles. The molecule has 0 spiro atoms. The molecule has 0 aliphatic rings. The number of aliphatic hydroxyl groups is 1. The number of unbranched alkanes of at least 4 members (excludes halogenated alkanes) is 1. The van der Waals surface area contributed by atoms with Crippen LogP contribution in [0.4, 0.5) is 0 Å².